The zero-order valence-electron chi connectivity index (χ0n) is 14.2. The van der Waals surface area contributed by atoms with Gasteiger partial charge in [-0.25, -0.2) is 0 Å². The SMILES string of the molecule is Cc1ccc(CN(C)C(=O)c2ccccc2-c2ccccc2C#N)o1. The van der Waals surface area contributed by atoms with E-state index in [1.165, 1.54) is 0 Å². The van der Waals surface area contributed by atoms with E-state index >= 15 is 0 Å². The molecule has 0 atom stereocenters. The van der Waals surface area contributed by atoms with E-state index in [-0.39, 0.29) is 5.91 Å². The lowest BCUT2D eigenvalue weighted by Crippen LogP contribution is -2.26. The fourth-order valence-electron chi connectivity index (χ4n) is 2.80. The monoisotopic (exact) mass is 330 g/mol. The van der Waals surface area contributed by atoms with E-state index < -0.39 is 0 Å². The molecule has 0 saturated heterocycles. The quantitative estimate of drug-likeness (QED) is 0.712. The highest BCUT2D eigenvalue weighted by Crippen LogP contribution is 2.28. The van der Waals surface area contributed by atoms with E-state index in [0.29, 0.717) is 17.7 Å². The second kappa shape index (κ2) is 7.06. The van der Waals surface area contributed by atoms with Crippen LogP contribution in [0.1, 0.15) is 27.4 Å². The minimum atomic E-state index is -0.114. The predicted octanol–water partition coefficient (Wildman–Crippen LogP) is 4.40. The van der Waals surface area contributed by atoms with Crippen LogP contribution in [-0.4, -0.2) is 17.9 Å². The molecule has 0 N–H and O–H groups in total. The Hall–Kier alpha value is -3.32. The molecule has 0 aliphatic rings. The maximum absolute atomic E-state index is 13.0. The summed E-state index contributed by atoms with van der Waals surface area (Å²) in [6.45, 7) is 2.26. The summed E-state index contributed by atoms with van der Waals surface area (Å²) < 4.78 is 5.55. The number of nitriles is 1. The number of hydrogen-bond donors (Lipinski definition) is 0. The molecule has 3 rings (SSSR count). The lowest BCUT2D eigenvalue weighted by atomic mass is 9.95. The van der Waals surface area contributed by atoms with E-state index in [9.17, 15) is 10.1 Å². The van der Waals surface area contributed by atoms with Gasteiger partial charge < -0.3 is 9.32 Å². The standard InChI is InChI=1S/C21H18N2O2/c1-15-11-12-17(25-15)14-23(2)21(24)20-10-6-5-9-19(20)18-8-4-3-7-16(18)13-22/h3-12H,14H2,1-2H3. The Labute approximate surface area is 146 Å². The van der Waals surface area contributed by atoms with Gasteiger partial charge in [0.25, 0.3) is 5.91 Å². The maximum Gasteiger partial charge on any atom is 0.254 e. The van der Waals surface area contributed by atoms with E-state index in [4.69, 9.17) is 4.42 Å². The average molecular weight is 330 g/mol. The van der Waals surface area contributed by atoms with Crippen molar-refractivity contribution >= 4 is 5.91 Å². The van der Waals surface area contributed by atoms with E-state index in [1.54, 1.807) is 24.1 Å². The van der Waals surface area contributed by atoms with Gasteiger partial charge in [-0.05, 0) is 36.8 Å². The van der Waals surface area contributed by atoms with Crippen molar-refractivity contribution in [3.8, 4) is 17.2 Å². The molecule has 0 aliphatic heterocycles. The first-order valence-electron chi connectivity index (χ1n) is 7.99. The number of nitrogens with zero attached hydrogens (tertiary/aromatic N) is 2. The second-order valence-corrected chi connectivity index (χ2v) is 5.88. The Morgan fingerprint density at radius 1 is 1.04 bits per heavy atom. The molecular formula is C21H18N2O2. The van der Waals surface area contributed by atoms with Gasteiger partial charge in [0.1, 0.15) is 11.5 Å². The highest BCUT2D eigenvalue weighted by Gasteiger charge is 2.18. The van der Waals surface area contributed by atoms with Gasteiger partial charge >= 0.3 is 0 Å². The summed E-state index contributed by atoms with van der Waals surface area (Å²) in [5.74, 6) is 1.44. The van der Waals surface area contributed by atoms with Gasteiger partial charge in [0.05, 0.1) is 18.2 Å². The molecule has 0 bridgehead atoms. The highest BCUT2D eigenvalue weighted by atomic mass is 16.3. The van der Waals surface area contributed by atoms with Crippen LogP contribution in [0.5, 0.6) is 0 Å². The predicted molar refractivity (Wildman–Crippen MR) is 95.8 cm³/mol. The number of furan rings is 1. The summed E-state index contributed by atoms with van der Waals surface area (Å²) in [6.07, 6.45) is 0. The van der Waals surface area contributed by atoms with Crippen LogP contribution in [0.2, 0.25) is 0 Å². The smallest absolute Gasteiger partial charge is 0.254 e. The first-order chi connectivity index (χ1) is 12.1. The molecule has 124 valence electrons. The molecule has 0 fully saturated rings. The van der Waals surface area contributed by atoms with Crippen molar-refractivity contribution in [3.63, 3.8) is 0 Å². The number of amides is 1. The summed E-state index contributed by atoms with van der Waals surface area (Å²) in [4.78, 5) is 14.6. The van der Waals surface area contributed by atoms with Crippen molar-refractivity contribution < 1.29 is 9.21 Å². The van der Waals surface area contributed by atoms with Crippen LogP contribution >= 0.6 is 0 Å². The summed E-state index contributed by atoms with van der Waals surface area (Å²) >= 11 is 0. The van der Waals surface area contributed by atoms with Gasteiger partial charge in [-0.3, -0.25) is 4.79 Å². The molecule has 0 radical (unpaired) electrons. The van der Waals surface area contributed by atoms with Crippen LogP contribution in [0, 0.1) is 18.3 Å². The van der Waals surface area contributed by atoms with E-state index in [1.807, 2.05) is 55.5 Å². The Morgan fingerprint density at radius 3 is 2.40 bits per heavy atom. The van der Waals surface area contributed by atoms with Gasteiger partial charge in [0.15, 0.2) is 0 Å². The van der Waals surface area contributed by atoms with Gasteiger partial charge in [0.2, 0.25) is 0 Å². The van der Waals surface area contributed by atoms with Crippen LogP contribution in [-0.2, 0) is 6.54 Å². The number of aryl methyl sites for hydroxylation is 1. The average Bonchev–Trinajstić information content (AvgIpc) is 3.05. The van der Waals surface area contributed by atoms with Crippen LogP contribution in [0.3, 0.4) is 0 Å². The lowest BCUT2D eigenvalue weighted by Gasteiger charge is -2.18. The molecular weight excluding hydrogens is 312 g/mol. The normalized spacial score (nSPS) is 10.3. The Bertz CT molecular complexity index is 950. The lowest BCUT2D eigenvalue weighted by molar-refractivity contribution is 0.0776. The summed E-state index contributed by atoms with van der Waals surface area (Å²) in [6, 6.07) is 20.6. The molecule has 1 aromatic heterocycles. The molecule has 4 nitrogen and oxygen atoms in total. The molecule has 1 amide bonds. The molecule has 0 spiro atoms. The Morgan fingerprint density at radius 2 is 1.72 bits per heavy atom. The molecule has 25 heavy (non-hydrogen) atoms. The van der Waals surface area contributed by atoms with Gasteiger partial charge in [0, 0.05) is 18.2 Å². The third-order valence-electron chi connectivity index (χ3n) is 4.03. The van der Waals surface area contributed by atoms with Crippen LogP contribution in [0.15, 0.2) is 65.1 Å². The van der Waals surface area contributed by atoms with Crippen LogP contribution in [0.25, 0.3) is 11.1 Å². The van der Waals surface area contributed by atoms with E-state index in [0.717, 1.165) is 22.6 Å². The van der Waals surface area contributed by atoms with Crippen molar-refractivity contribution in [1.82, 2.24) is 4.90 Å². The molecule has 0 aliphatic carbocycles. The third kappa shape index (κ3) is 3.46. The zero-order chi connectivity index (χ0) is 17.8. The van der Waals surface area contributed by atoms with Crippen LogP contribution < -0.4 is 0 Å². The Balaban J connectivity index is 1.95. The number of carbonyl (C=O) groups is 1. The molecule has 0 unspecified atom stereocenters. The summed E-state index contributed by atoms with van der Waals surface area (Å²) in [5, 5.41) is 9.36. The van der Waals surface area contributed by atoms with Gasteiger partial charge in [-0.1, -0.05) is 36.4 Å². The highest BCUT2D eigenvalue weighted by molar-refractivity contribution is 6.01. The largest absolute Gasteiger partial charge is 0.464 e. The van der Waals surface area contributed by atoms with E-state index in [2.05, 4.69) is 6.07 Å². The fourth-order valence-corrected chi connectivity index (χ4v) is 2.80. The number of carbonyl (C=O) groups excluding carboxylic acids is 1. The van der Waals surface area contributed by atoms with Crippen molar-refractivity contribution in [2.75, 3.05) is 7.05 Å². The summed E-state index contributed by atoms with van der Waals surface area (Å²) in [5.41, 5.74) is 2.63. The van der Waals surface area contributed by atoms with Gasteiger partial charge in [-0.2, -0.15) is 5.26 Å². The van der Waals surface area contributed by atoms with Crippen molar-refractivity contribution in [3.05, 3.63) is 83.3 Å². The molecule has 2 aromatic carbocycles. The zero-order valence-corrected chi connectivity index (χ0v) is 14.2. The van der Waals surface area contributed by atoms with Crippen molar-refractivity contribution in [2.24, 2.45) is 0 Å². The minimum absolute atomic E-state index is 0.114. The summed E-state index contributed by atoms with van der Waals surface area (Å²) in [7, 11) is 1.74. The van der Waals surface area contributed by atoms with Crippen molar-refractivity contribution in [1.29, 1.82) is 5.26 Å². The van der Waals surface area contributed by atoms with Crippen molar-refractivity contribution in [2.45, 2.75) is 13.5 Å². The molecule has 4 heteroatoms. The molecule has 3 aromatic rings. The molecule has 1 heterocycles. The van der Waals surface area contributed by atoms with Crippen LogP contribution in [0.4, 0.5) is 0 Å². The topological polar surface area (TPSA) is 57.2 Å². The maximum atomic E-state index is 13.0. The number of benzene rings is 2. The number of rotatable bonds is 4. The first-order valence-corrected chi connectivity index (χ1v) is 7.99. The second-order valence-electron chi connectivity index (χ2n) is 5.88. The first kappa shape index (κ1) is 16.5. The number of hydrogen-bond acceptors (Lipinski definition) is 3. The molecule has 0 saturated carbocycles. The minimum Gasteiger partial charge on any atom is -0.464 e. The Kier molecular flexibility index (Phi) is 4.67. The third-order valence-corrected chi connectivity index (χ3v) is 4.03. The fraction of sp³-hybridized carbons (Fsp3) is 0.143. The van der Waals surface area contributed by atoms with Gasteiger partial charge in [-0.15, -0.1) is 0 Å².